The van der Waals surface area contributed by atoms with Crippen LogP contribution in [0.5, 0.6) is 5.75 Å². The van der Waals surface area contributed by atoms with Gasteiger partial charge in [-0.1, -0.05) is 11.5 Å². The molecule has 0 spiro atoms. The van der Waals surface area contributed by atoms with E-state index in [4.69, 9.17) is 9.47 Å². The van der Waals surface area contributed by atoms with Gasteiger partial charge >= 0.3 is 6.98 Å². The largest absolute Gasteiger partial charge is 0.512 e. The lowest BCUT2D eigenvalue weighted by Gasteiger charge is -2.24. The molecule has 100 valence electrons. The van der Waals surface area contributed by atoms with E-state index >= 15 is 0 Å². The SMILES string of the molecule is Fc1cc(OC2CCCOC2)ccc1[B-](F)(F)F. The number of ether oxygens (including phenoxy) is 2. The van der Waals surface area contributed by atoms with Crippen molar-refractivity contribution in [2.75, 3.05) is 13.2 Å². The van der Waals surface area contributed by atoms with Crippen LogP contribution < -0.4 is 10.2 Å². The molecule has 1 saturated heterocycles. The third-order valence-electron chi connectivity index (χ3n) is 2.75. The topological polar surface area (TPSA) is 18.5 Å². The van der Waals surface area contributed by atoms with Gasteiger partial charge in [0.25, 0.3) is 0 Å². The van der Waals surface area contributed by atoms with E-state index in [1.165, 1.54) is 0 Å². The van der Waals surface area contributed by atoms with E-state index in [1.807, 2.05) is 0 Å². The molecule has 0 aromatic heterocycles. The first-order valence-electron chi connectivity index (χ1n) is 5.70. The minimum Gasteiger partial charge on any atom is -0.488 e. The highest BCUT2D eigenvalue weighted by Gasteiger charge is 2.29. The number of rotatable bonds is 3. The van der Waals surface area contributed by atoms with Crippen LogP contribution in [0.2, 0.25) is 0 Å². The lowest BCUT2D eigenvalue weighted by Crippen LogP contribution is -2.36. The smallest absolute Gasteiger partial charge is 0.488 e. The number of benzene rings is 1. The second-order valence-electron chi connectivity index (χ2n) is 4.22. The summed E-state index contributed by atoms with van der Waals surface area (Å²) in [5.74, 6) is -1.19. The quantitative estimate of drug-likeness (QED) is 0.616. The molecule has 0 bridgehead atoms. The zero-order valence-electron chi connectivity index (χ0n) is 9.54. The normalized spacial score (nSPS) is 20.8. The van der Waals surface area contributed by atoms with Gasteiger partial charge in [0, 0.05) is 12.7 Å². The van der Waals surface area contributed by atoms with E-state index in [0.29, 0.717) is 19.3 Å². The van der Waals surface area contributed by atoms with Crippen LogP contribution in [0, 0.1) is 5.82 Å². The molecule has 1 fully saturated rings. The van der Waals surface area contributed by atoms with Crippen molar-refractivity contribution in [3.63, 3.8) is 0 Å². The fourth-order valence-electron chi connectivity index (χ4n) is 1.84. The highest BCUT2D eigenvalue weighted by Crippen LogP contribution is 2.20. The summed E-state index contributed by atoms with van der Waals surface area (Å²) in [6.07, 6.45) is 1.36. The van der Waals surface area contributed by atoms with Gasteiger partial charge in [-0.3, -0.25) is 0 Å². The number of hydrogen-bond donors (Lipinski definition) is 0. The predicted molar refractivity (Wildman–Crippen MR) is 59.6 cm³/mol. The standard InChI is InChI=1S/C11H12BF4O2/c13-11-6-8(3-4-10(11)12(14,15)16)18-9-2-1-5-17-7-9/h3-4,6,9H,1-2,5,7H2/q-1. The second-order valence-corrected chi connectivity index (χ2v) is 4.22. The van der Waals surface area contributed by atoms with Crippen molar-refractivity contribution < 1.29 is 26.8 Å². The Balaban J connectivity index is 2.08. The molecule has 0 N–H and O–H groups in total. The summed E-state index contributed by atoms with van der Waals surface area (Å²) < 4.78 is 61.0. The molecule has 1 unspecified atom stereocenters. The Labute approximate surface area is 102 Å². The maximum atomic E-state index is 13.3. The molecule has 1 heterocycles. The van der Waals surface area contributed by atoms with E-state index in [2.05, 4.69) is 0 Å². The van der Waals surface area contributed by atoms with Crippen LogP contribution >= 0.6 is 0 Å². The highest BCUT2D eigenvalue weighted by molar-refractivity contribution is 6.73. The summed E-state index contributed by atoms with van der Waals surface area (Å²) in [5, 5.41) is 0. The Kier molecular flexibility index (Phi) is 3.80. The van der Waals surface area contributed by atoms with Gasteiger partial charge in [-0.15, -0.1) is 0 Å². The summed E-state index contributed by atoms with van der Waals surface area (Å²) in [6.45, 7) is -4.29. The average Bonchev–Trinajstić information content (AvgIpc) is 2.28. The van der Waals surface area contributed by atoms with Crippen molar-refractivity contribution in [2.45, 2.75) is 18.9 Å². The van der Waals surface area contributed by atoms with Crippen molar-refractivity contribution in [2.24, 2.45) is 0 Å². The Morgan fingerprint density at radius 1 is 1.28 bits per heavy atom. The van der Waals surface area contributed by atoms with Gasteiger partial charge in [-0.2, -0.15) is 0 Å². The third kappa shape index (κ3) is 3.16. The predicted octanol–water partition coefficient (Wildman–Crippen LogP) is 2.44. The van der Waals surface area contributed by atoms with Crippen molar-refractivity contribution >= 4 is 12.4 Å². The van der Waals surface area contributed by atoms with Gasteiger partial charge in [0.15, 0.2) is 0 Å². The molecule has 0 amide bonds. The zero-order chi connectivity index (χ0) is 13.2. The molecular formula is C11H12BF4O2-. The van der Waals surface area contributed by atoms with Gasteiger partial charge in [0.1, 0.15) is 11.9 Å². The van der Waals surface area contributed by atoms with Crippen molar-refractivity contribution in [1.29, 1.82) is 0 Å². The monoisotopic (exact) mass is 263 g/mol. The molecule has 1 aromatic carbocycles. The van der Waals surface area contributed by atoms with Gasteiger partial charge in [-0.05, 0) is 18.9 Å². The van der Waals surface area contributed by atoms with Crippen LogP contribution in [0.25, 0.3) is 0 Å². The van der Waals surface area contributed by atoms with Gasteiger partial charge < -0.3 is 22.4 Å². The second kappa shape index (κ2) is 5.18. The molecule has 2 nitrogen and oxygen atoms in total. The summed E-state index contributed by atoms with van der Waals surface area (Å²) in [5.41, 5.74) is -1.22. The molecule has 1 aliphatic rings. The third-order valence-corrected chi connectivity index (χ3v) is 2.75. The lowest BCUT2D eigenvalue weighted by atomic mass is 9.80. The van der Waals surface area contributed by atoms with Crippen LogP contribution in [0.1, 0.15) is 12.8 Å². The highest BCUT2D eigenvalue weighted by atomic mass is 19.4. The molecule has 18 heavy (non-hydrogen) atoms. The Hall–Kier alpha value is -1.24. The van der Waals surface area contributed by atoms with E-state index in [9.17, 15) is 17.3 Å². The zero-order valence-corrected chi connectivity index (χ0v) is 9.54. The average molecular weight is 263 g/mol. The number of hydrogen-bond acceptors (Lipinski definition) is 2. The summed E-state index contributed by atoms with van der Waals surface area (Å²) >= 11 is 0. The van der Waals surface area contributed by atoms with Gasteiger partial charge in [-0.25, -0.2) is 4.39 Å². The fraction of sp³-hybridized carbons (Fsp3) is 0.455. The van der Waals surface area contributed by atoms with Crippen LogP contribution in [-0.4, -0.2) is 26.3 Å². The van der Waals surface area contributed by atoms with Gasteiger partial charge in [0.2, 0.25) is 0 Å². The van der Waals surface area contributed by atoms with Crippen molar-refractivity contribution in [3.8, 4) is 5.75 Å². The molecular weight excluding hydrogens is 251 g/mol. The van der Waals surface area contributed by atoms with Gasteiger partial charge in [0.05, 0.1) is 12.4 Å². The van der Waals surface area contributed by atoms with Crippen LogP contribution in [-0.2, 0) is 4.74 Å². The van der Waals surface area contributed by atoms with Crippen LogP contribution in [0.15, 0.2) is 18.2 Å². The molecule has 0 saturated carbocycles. The minimum atomic E-state index is -5.32. The first-order valence-corrected chi connectivity index (χ1v) is 5.70. The Morgan fingerprint density at radius 2 is 2.06 bits per heavy atom. The maximum absolute atomic E-state index is 13.3. The lowest BCUT2D eigenvalue weighted by molar-refractivity contribution is 0.00732. The maximum Gasteiger partial charge on any atom is 0.512 e. The van der Waals surface area contributed by atoms with Crippen LogP contribution in [0.3, 0.4) is 0 Å². The molecule has 0 radical (unpaired) electrons. The fourth-order valence-corrected chi connectivity index (χ4v) is 1.84. The van der Waals surface area contributed by atoms with E-state index in [-0.39, 0.29) is 11.9 Å². The molecule has 7 heteroatoms. The molecule has 1 atom stereocenters. The van der Waals surface area contributed by atoms with Crippen molar-refractivity contribution in [3.05, 3.63) is 24.0 Å². The molecule has 0 aliphatic carbocycles. The number of halogens is 4. The first kappa shape index (κ1) is 13.2. The summed E-state index contributed by atoms with van der Waals surface area (Å²) in [4.78, 5) is 0. The van der Waals surface area contributed by atoms with Crippen LogP contribution in [0.4, 0.5) is 17.3 Å². The first-order chi connectivity index (χ1) is 8.47. The van der Waals surface area contributed by atoms with E-state index in [0.717, 1.165) is 25.0 Å². The Morgan fingerprint density at radius 3 is 2.61 bits per heavy atom. The van der Waals surface area contributed by atoms with E-state index < -0.39 is 18.3 Å². The molecule has 2 rings (SSSR count). The van der Waals surface area contributed by atoms with E-state index in [1.54, 1.807) is 0 Å². The van der Waals surface area contributed by atoms with Crippen molar-refractivity contribution in [1.82, 2.24) is 0 Å². The molecule has 1 aromatic rings. The Bertz CT molecular complexity index is 416. The summed E-state index contributed by atoms with van der Waals surface area (Å²) in [7, 11) is 0. The summed E-state index contributed by atoms with van der Waals surface area (Å²) in [6, 6.07) is 2.63. The minimum absolute atomic E-state index is 0.104. The molecule has 1 aliphatic heterocycles.